The summed E-state index contributed by atoms with van der Waals surface area (Å²) in [5, 5.41) is 7.77. The maximum atomic E-state index is 12.5. The number of carbonyl (C=O) groups excluding carboxylic acids is 1. The number of nitrogens with zero attached hydrogens (tertiary/aromatic N) is 5. The molecule has 0 saturated carbocycles. The van der Waals surface area contributed by atoms with Crippen molar-refractivity contribution >= 4 is 5.91 Å². The minimum atomic E-state index is -0.103. The molecule has 1 atom stereocenters. The smallest absolute Gasteiger partial charge is 0.292 e. The zero-order chi connectivity index (χ0) is 19.0. The lowest BCUT2D eigenvalue weighted by Gasteiger charge is -2.14. The lowest BCUT2D eigenvalue weighted by molar-refractivity contribution is 0.0745. The van der Waals surface area contributed by atoms with Crippen LogP contribution >= 0.6 is 0 Å². The van der Waals surface area contributed by atoms with Crippen LogP contribution in [-0.4, -0.2) is 44.2 Å². The van der Waals surface area contributed by atoms with Crippen molar-refractivity contribution in [3.63, 3.8) is 0 Å². The van der Waals surface area contributed by atoms with E-state index in [9.17, 15) is 4.79 Å². The van der Waals surface area contributed by atoms with Gasteiger partial charge in [-0.3, -0.25) is 9.78 Å². The Bertz CT molecular complexity index is 958. The van der Waals surface area contributed by atoms with Crippen LogP contribution in [0.15, 0.2) is 27.5 Å². The van der Waals surface area contributed by atoms with Gasteiger partial charge in [-0.05, 0) is 39.5 Å². The Morgan fingerprint density at radius 3 is 2.78 bits per heavy atom. The van der Waals surface area contributed by atoms with Gasteiger partial charge >= 0.3 is 0 Å². The van der Waals surface area contributed by atoms with Crippen LogP contribution in [0.1, 0.15) is 39.8 Å². The van der Waals surface area contributed by atoms with Crippen molar-refractivity contribution in [1.29, 1.82) is 0 Å². The van der Waals surface area contributed by atoms with E-state index in [0.29, 0.717) is 30.5 Å². The highest BCUT2D eigenvalue weighted by Crippen LogP contribution is 2.26. The highest BCUT2D eigenvalue weighted by Gasteiger charge is 2.29. The zero-order valence-electron chi connectivity index (χ0n) is 15.6. The molecule has 8 heteroatoms. The van der Waals surface area contributed by atoms with Crippen molar-refractivity contribution in [2.24, 2.45) is 5.92 Å². The second kappa shape index (κ2) is 6.94. The maximum absolute atomic E-state index is 12.5. The first kappa shape index (κ1) is 17.4. The second-order valence-electron chi connectivity index (χ2n) is 7.04. The average molecular weight is 367 g/mol. The van der Waals surface area contributed by atoms with Crippen LogP contribution in [-0.2, 0) is 6.42 Å². The predicted molar refractivity (Wildman–Crippen MR) is 96.0 cm³/mol. The Kier molecular flexibility index (Phi) is 4.47. The number of hydrogen-bond acceptors (Lipinski definition) is 7. The Morgan fingerprint density at radius 1 is 1.22 bits per heavy atom. The maximum Gasteiger partial charge on any atom is 0.292 e. The number of amides is 1. The third-order valence-electron chi connectivity index (χ3n) is 4.88. The van der Waals surface area contributed by atoms with Crippen LogP contribution < -0.4 is 0 Å². The van der Waals surface area contributed by atoms with Crippen LogP contribution in [0.5, 0.6) is 0 Å². The fourth-order valence-electron chi connectivity index (χ4n) is 3.57. The van der Waals surface area contributed by atoms with E-state index in [1.54, 1.807) is 25.4 Å². The molecule has 0 N–H and O–H groups in total. The number of carbonyl (C=O) groups is 1. The van der Waals surface area contributed by atoms with E-state index in [4.69, 9.17) is 14.0 Å². The molecule has 4 heterocycles. The molecule has 0 spiro atoms. The summed E-state index contributed by atoms with van der Waals surface area (Å²) < 4.78 is 10.3. The summed E-state index contributed by atoms with van der Waals surface area (Å²) in [5.41, 5.74) is 4.09. The molecule has 0 unspecified atom stereocenters. The molecule has 0 aliphatic carbocycles. The van der Waals surface area contributed by atoms with E-state index in [2.05, 4.69) is 15.3 Å². The van der Waals surface area contributed by atoms with Gasteiger partial charge in [-0.15, -0.1) is 0 Å². The molecule has 0 bridgehead atoms. The SMILES string of the molecule is Cc1cc(C(=O)N2CC[C@@H](Cc3cncc(-c4c(C)noc4C)n3)C2)on1. The summed E-state index contributed by atoms with van der Waals surface area (Å²) in [4.78, 5) is 23.4. The molecule has 1 fully saturated rings. The van der Waals surface area contributed by atoms with Crippen molar-refractivity contribution < 1.29 is 13.8 Å². The molecule has 140 valence electrons. The van der Waals surface area contributed by atoms with Crippen molar-refractivity contribution in [3.05, 3.63) is 47.1 Å². The molecule has 1 aliphatic rings. The largest absolute Gasteiger partial charge is 0.361 e. The minimum Gasteiger partial charge on any atom is -0.361 e. The fraction of sp³-hybridized carbons (Fsp3) is 0.421. The molecule has 27 heavy (non-hydrogen) atoms. The average Bonchev–Trinajstić information content (AvgIpc) is 3.36. The van der Waals surface area contributed by atoms with Gasteiger partial charge in [-0.2, -0.15) is 0 Å². The summed E-state index contributed by atoms with van der Waals surface area (Å²) in [6, 6.07) is 1.67. The molecule has 0 radical (unpaired) electrons. The number of aryl methyl sites for hydroxylation is 3. The normalized spacial score (nSPS) is 16.9. The molecule has 3 aromatic heterocycles. The molecule has 8 nitrogen and oxygen atoms in total. The van der Waals surface area contributed by atoms with Crippen LogP contribution in [0.4, 0.5) is 0 Å². The van der Waals surface area contributed by atoms with Crippen molar-refractivity contribution in [3.8, 4) is 11.3 Å². The van der Waals surface area contributed by atoms with Gasteiger partial charge in [0.25, 0.3) is 5.91 Å². The second-order valence-corrected chi connectivity index (χ2v) is 7.04. The van der Waals surface area contributed by atoms with Gasteiger partial charge in [0.15, 0.2) is 0 Å². The van der Waals surface area contributed by atoms with E-state index in [1.807, 2.05) is 18.7 Å². The lowest BCUT2D eigenvalue weighted by atomic mass is 10.0. The summed E-state index contributed by atoms with van der Waals surface area (Å²) in [6.45, 7) is 6.95. The van der Waals surface area contributed by atoms with E-state index in [0.717, 1.165) is 41.2 Å². The summed E-state index contributed by atoms with van der Waals surface area (Å²) in [7, 11) is 0. The number of rotatable bonds is 4. The van der Waals surface area contributed by atoms with E-state index < -0.39 is 0 Å². The Balaban J connectivity index is 1.45. The first-order valence-electron chi connectivity index (χ1n) is 8.98. The van der Waals surface area contributed by atoms with Crippen molar-refractivity contribution in [2.75, 3.05) is 13.1 Å². The summed E-state index contributed by atoms with van der Waals surface area (Å²) in [6.07, 6.45) is 5.21. The molecular weight excluding hydrogens is 346 g/mol. The van der Waals surface area contributed by atoms with Gasteiger partial charge in [-0.1, -0.05) is 10.3 Å². The molecule has 4 rings (SSSR count). The predicted octanol–water partition coefficient (Wildman–Crippen LogP) is 2.75. The Labute approximate surface area is 156 Å². The van der Waals surface area contributed by atoms with Gasteiger partial charge in [0.05, 0.1) is 34.5 Å². The van der Waals surface area contributed by atoms with Gasteiger partial charge in [-0.25, -0.2) is 4.98 Å². The van der Waals surface area contributed by atoms with E-state index in [-0.39, 0.29) is 5.91 Å². The number of hydrogen-bond donors (Lipinski definition) is 0. The van der Waals surface area contributed by atoms with Gasteiger partial charge in [0, 0.05) is 25.4 Å². The molecule has 1 amide bonds. The zero-order valence-corrected chi connectivity index (χ0v) is 15.6. The molecule has 1 saturated heterocycles. The van der Waals surface area contributed by atoms with Crippen LogP contribution in [0.3, 0.4) is 0 Å². The van der Waals surface area contributed by atoms with Gasteiger partial charge in [0.1, 0.15) is 5.76 Å². The van der Waals surface area contributed by atoms with Gasteiger partial charge in [0.2, 0.25) is 5.76 Å². The molecular formula is C19H21N5O3. The van der Waals surface area contributed by atoms with Crippen LogP contribution in [0, 0.1) is 26.7 Å². The van der Waals surface area contributed by atoms with Crippen LogP contribution in [0.25, 0.3) is 11.3 Å². The standard InChI is InChI=1S/C19H21N5O3/c1-11-6-17(27-22-11)19(25)24-5-4-14(10-24)7-15-8-20-9-16(21-15)18-12(2)23-26-13(18)3/h6,8-9,14H,4-5,7,10H2,1-3H3/t14-/m0/s1. The number of likely N-dealkylation sites (tertiary alicyclic amines) is 1. The first-order chi connectivity index (χ1) is 13.0. The fourth-order valence-corrected chi connectivity index (χ4v) is 3.57. The summed E-state index contributed by atoms with van der Waals surface area (Å²) >= 11 is 0. The third-order valence-corrected chi connectivity index (χ3v) is 4.88. The highest BCUT2D eigenvalue weighted by molar-refractivity contribution is 5.91. The molecule has 0 aromatic carbocycles. The van der Waals surface area contributed by atoms with Gasteiger partial charge < -0.3 is 13.9 Å². The number of aromatic nitrogens is 4. The topological polar surface area (TPSA) is 98.2 Å². The minimum absolute atomic E-state index is 0.103. The summed E-state index contributed by atoms with van der Waals surface area (Å²) in [5.74, 6) is 1.27. The Hall–Kier alpha value is -3.03. The van der Waals surface area contributed by atoms with Crippen molar-refractivity contribution in [1.82, 2.24) is 25.2 Å². The third kappa shape index (κ3) is 3.47. The quantitative estimate of drug-likeness (QED) is 0.699. The van der Waals surface area contributed by atoms with Crippen molar-refractivity contribution in [2.45, 2.75) is 33.6 Å². The molecule has 3 aromatic rings. The molecule has 1 aliphatic heterocycles. The van der Waals surface area contributed by atoms with E-state index >= 15 is 0 Å². The highest BCUT2D eigenvalue weighted by atomic mass is 16.5. The van der Waals surface area contributed by atoms with Crippen LogP contribution in [0.2, 0.25) is 0 Å². The monoisotopic (exact) mass is 367 g/mol. The van der Waals surface area contributed by atoms with E-state index in [1.165, 1.54) is 0 Å². The lowest BCUT2D eigenvalue weighted by Crippen LogP contribution is -2.28. The first-order valence-corrected chi connectivity index (χ1v) is 8.98. The Morgan fingerprint density at radius 2 is 2.07 bits per heavy atom.